The molecule has 1 amide bonds. The average molecular weight is 394 g/mol. The van der Waals surface area contributed by atoms with Gasteiger partial charge in [0.05, 0.1) is 35.4 Å². The molecule has 1 atom stereocenters. The Morgan fingerprint density at radius 3 is 2.69 bits per heavy atom. The lowest BCUT2D eigenvalue weighted by molar-refractivity contribution is 0.0920. The summed E-state index contributed by atoms with van der Waals surface area (Å²) < 4.78 is 5.51. The van der Waals surface area contributed by atoms with E-state index in [4.69, 9.17) is 4.74 Å². The quantitative estimate of drug-likeness (QED) is 0.530. The van der Waals surface area contributed by atoms with E-state index >= 15 is 0 Å². The van der Waals surface area contributed by atoms with Gasteiger partial charge in [0.25, 0.3) is 5.91 Å². The van der Waals surface area contributed by atoms with E-state index < -0.39 is 6.10 Å². The van der Waals surface area contributed by atoms with Gasteiger partial charge in [0.2, 0.25) is 0 Å². The summed E-state index contributed by atoms with van der Waals surface area (Å²) >= 11 is 0. The summed E-state index contributed by atoms with van der Waals surface area (Å²) in [5.41, 5.74) is 2.87. The zero-order valence-electron chi connectivity index (χ0n) is 16.4. The van der Waals surface area contributed by atoms with Crippen molar-refractivity contribution in [1.82, 2.24) is 20.5 Å². The number of aromatic nitrogens is 3. The second-order valence-electron chi connectivity index (χ2n) is 6.60. The van der Waals surface area contributed by atoms with Crippen LogP contribution in [-0.4, -0.2) is 51.7 Å². The van der Waals surface area contributed by atoms with Gasteiger partial charge in [-0.1, -0.05) is 12.1 Å². The third kappa shape index (κ3) is 4.49. The van der Waals surface area contributed by atoms with E-state index in [1.54, 1.807) is 43.5 Å². The minimum atomic E-state index is -0.649. The molecule has 150 valence electrons. The Hall–Kier alpha value is -3.52. The summed E-state index contributed by atoms with van der Waals surface area (Å²) in [4.78, 5) is 27.9. The highest BCUT2D eigenvalue weighted by Gasteiger charge is 2.19. The molecule has 0 bridgehead atoms. The highest BCUT2D eigenvalue weighted by molar-refractivity contribution is 6.05. The first-order valence-electron chi connectivity index (χ1n) is 9.07. The van der Waals surface area contributed by atoms with Crippen LogP contribution in [0.1, 0.15) is 46.0 Å². The number of carbonyl (C=O) groups is 2. The maximum Gasteiger partial charge on any atom is 0.255 e. The van der Waals surface area contributed by atoms with Gasteiger partial charge >= 0.3 is 0 Å². The van der Waals surface area contributed by atoms with Crippen molar-refractivity contribution >= 4 is 34.7 Å². The molecular weight excluding hydrogens is 372 g/mol. The molecule has 0 aliphatic heterocycles. The molecule has 1 unspecified atom stereocenters. The van der Waals surface area contributed by atoms with Gasteiger partial charge in [0.15, 0.2) is 5.78 Å². The van der Waals surface area contributed by atoms with Gasteiger partial charge in [0, 0.05) is 19.7 Å². The molecule has 8 heteroatoms. The van der Waals surface area contributed by atoms with Crippen LogP contribution < -0.4 is 10.1 Å². The zero-order chi connectivity index (χ0) is 21.0. The Morgan fingerprint density at radius 1 is 1.28 bits per heavy atom. The number of H-pyrrole nitrogens is 1. The maximum atomic E-state index is 12.5. The van der Waals surface area contributed by atoms with E-state index in [1.807, 2.05) is 6.08 Å². The molecule has 29 heavy (non-hydrogen) atoms. The van der Waals surface area contributed by atoms with Gasteiger partial charge in [-0.25, -0.2) is 0 Å². The van der Waals surface area contributed by atoms with Crippen molar-refractivity contribution in [3.05, 3.63) is 53.0 Å². The number of nitrogens with one attached hydrogen (secondary N) is 2. The number of rotatable bonds is 7. The lowest BCUT2D eigenvalue weighted by Crippen LogP contribution is -2.30. The normalized spacial score (nSPS) is 12.3. The minimum Gasteiger partial charge on any atom is -0.495 e. The fraction of sp³-hybridized carbons (Fsp3) is 0.238. The first kappa shape index (κ1) is 20.2. The molecule has 0 spiro atoms. The number of amides is 1. The molecule has 3 rings (SSSR count). The summed E-state index contributed by atoms with van der Waals surface area (Å²) in [7, 11) is 1.49. The number of carbonyl (C=O) groups excluding carboxylic acids is 2. The van der Waals surface area contributed by atoms with E-state index in [0.29, 0.717) is 28.1 Å². The Morgan fingerprint density at radius 2 is 2.07 bits per heavy atom. The molecule has 2 heterocycles. The molecule has 1 aromatic carbocycles. The van der Waals surface area contributed by atoms with E-state index in [9.17, 15) is 14.7 Å². The Labute approximate surface area is 167 Å². The van der Waals surface area contributed by atoms with Crippen molar-refractivity contribution in [2.24, 2.45) is 0 Å². The van der Waals surface area contributed by atoms with Crippen LogP contribution >= 0.6 is 0 Å². The fourth-order valence-electron chi connectivity index (χ4n) is 2.84. The van der Waals surface area contributed by atoms with Crippen molar-refractivity contribution in [3.63, 3.8) is 0 Å². The first-order valence-corrected chi connectivity index (χ1v) is 9.07. The summed E-state index contributed by atoms with van der Waals surface area (Å²) in [6.07, 6.45) is 4.55. The predicted molar refractivity (Wildman–Crippen MR) is 110 cm³/mol. The Balaban J connectivity index is 1.95. The number of pyridine rings is 1. The van der Waals surface area contributed by atoms with Crippen molar-refractivity contribution in [1.29, 1.82) is 0 Å². The van der Waals surface area contributed by atoms with Crippen LogP contribution in [0.4, 0.5) is 0 Å². The minimum absolute atomic E-state index is 0.0926. The van der Waals surface area contributed by atoms with Crippen molar-refractivity contribution < 1.29 is 19.4 Å². The Bertz CT molecular complexity index is 1070. The molecule has 2 aromatic heterocycles. The van der Waals surface area contributed by atoms with Gasteiger partial charge in [-0.15, -0.1) is 0 Å². The molecule has 8 nitrogen and oxygen atoms in total. The fourth-order valence-corrected chi connectivity index (χ4v) is 2.84. The van der Waals surface area contributed by atoms with Crippen LogP contribution in [0.3, 0.4) is 0 Å². The number of aliphatic hydroxyl groups excluding tert-OH is 1. The second-order valence-corrected chi connectivity index (χ2v) is 6.60. The van der Waals surface area contributed by atoms with E-state index in [0.717, 1.165) is 11.1 Å². The highest BCUT2D eigenvalue weighted by atomic mass is 16.5. The molecule has 0 aliphatic rings. The molecule has 0 radical (unpaired) electrons. The zero-order valence-corrected chi connectivity index (χ0v) is 16.4. The van der Waals surface area contributed by atoms with Gasteiger partial charge in [-0.2, -0.15) is 5.10 Å². The number of fused-ring (bicyclic) bond motifs is 1. The summed E-state index contributed by atoms with van der Waals surface area (Å²) in [6, 6.07) is 6.86. The van der Waals surface area contributed by atoms with Crippen molar-refractivity contribution in [2.75, 3.05) is 13.7 Å². The molecule has 3 N–H and O–H groups in total. The average Bonchev–Trinajstić information content (AvgIpc) is 3.13. The van der Waals surface area contributed by atoms with E-state index in [1.165, 1.54) is 14.0 Å². The number of nitrogens with zero attached hydrogens (tertiary/aromatic N) is 2. The van der Waals surface area contributed by atoms with E-state index in [2.05, 4.69) is 20.5 Å². The van der Waals surface area contributed by atoms with Crippen LogP contribution in [0, 0.1) is 0 Å². The third-order valence-corrected chi connectivity index (χ3v) is 4.30. The largest absolute Gasteiger partial charge is 0.495 e. The Kier molecular flexibility index (Phi) is 6.04. The topological polar surface area (TPSA) is 117 Å². The van der Waals surface area contributed by atoms with Crippen molar-refractivity contribution in [3.8, 4) is 5.75 Å². The molecule has 0 fully saturated rings. The third-order valence-electron chi connectivity index (χ3n) is 4.30. The number of hydrogen-bond donors (Lipinski definition) is 3. The summed E-state index contributed by atoms with van der Waals surface area (Å²) in [6.45, 7) is 3.20. The van der Waals surface area contributed by atoms with Crippen LogP contribution in [0.15, 0.2) is 30.5 Å². The van der Waals surface area contributed by atoms with Gasteiger partial charge < -0.3 is 15.2 Å². The molecule has 0 saturated heterocycles. The molecule has 0 aliphatic carbocycles. The molecular formula is C21H22N4O4. The number of hydrogen-bond acceptors (Lipinski definition) is 6. The highest BCUT2D eigenvalue weighted by Crippen LogP contribution is 2.32. The van der Waals surface area contributed by atoms with Crippen LogP contribution in [0.25, 0.3) is 23.1 Å². The van der Waals surface area contributed by atoms with Gasteiger partial charge in [0.1, 0.15) is 11.4 Å². The lowest BCUT2D eigenvalue weighted by atomic mass is 10.1. The monoisotopic (exact) mass is 394 g/mol. The SMILES string of the molecule is COc1c(C(=O)NCC(C)O)ccc2[nH]nc(/C=C/c3ccc(C(C)=O)nc3)c12. The first-order chi connectivity index (χ1) is 13.9. The summed E-state index contributed by atoms with van der Waals surface area (Å²) in [5.74, 6) is -0.0428. The molecule has 0 saturated carbocycles. The predicted octanol–water partition coefficient (Wildman–Crippen LogP) is 2.45. The summed E-state index contributed by atoms with van der Waals surface area (Å²) in [5, 5.41) is 20.0. The number of methoxy groups -OCH3 is 1. The van der Waals surface area contributed by atoms with Crippen LogP contribution in [-0.2, 0) is 0 Å². The number of aliphatic hydroxyl groups is 1. The number of aromatic amines is 1. The molecule has 3 aromatic rings. The van der Waals surface area contributed by atoms with Gasteiger partial charge in [-0.05, 0) is 36.8 Å². The lowest BCUT2D eigenvalue weighted by Gasteiger charge is -2.11. The standard InChI is InChI=1S/C21H22N4O4/c1-12(26)10-23-21(28)15-6-9-18-19(20(15)29-3)17(24-25-18)8-5-14-4-7-16(13(2)27)22-11-14/h4-9,11-12,26H,10H2,1-3H3,(H,23,28)(H,24,25)/b8-5+. The second kappa shape index (κ2) is 8.66. The number of Topliss-reactive ketones (excluding diaryl/α,β-unsaturated/α-hetero) is 1. The van der Waals surface area contributed by atoms with Gasteiger partial charge in [-0.3, -0.25) is 19.7 Å². The smallest absolute Gasteiger partial charge is 0.255 e. The van der Waals surface area contributed by atoms with E-state index in [-0.39, 0.29) is 18.2 Å². The van der Waals surface area contributed by atoms with Crippen LogP contribution in [0.2, 0.25) is 0 Å². The maximum absolute atomic E-state index is 12.5. The van der Waals surface area contributed by atoms with Crippen molar-refractivity contribution in [2.45, 2.75) is 20.0 Å². The number of benzene rings is 1. The van der Waals surface area contributed by atoms with Crippen LogP contribution in [0.5, 0.6) is 5.75 Å². The number of ether oxygens (including phenoxy) is 1. The number of ketones is 1.